The predicted molar refractivity (Wildman–Crippen MR) is 122 cm³/mol. The summed E-state index contributed by atoms with van der Waals surface area (Å²) in [6, 6.07) is 11.3. The van der Waals surface area contributed by atoms with Crippen LogP contribution in [-0.2, 0) is 4.79 Å². The number of carbonyl (C=O) groups is 2. The van der Waals surface area contributed by atoms with Crippen molar-refractivity contribution < 1.29 is 14.3 Å². The standard InChI is InChI=1S/C25H30N4O3/c30-24(12-18-4-1-2-5-18)28-16-23(17-28)32-22-9-7-21(8-10-22)27-25(31)29-14-20(15-29)19-6-3-11-26-13-19/h3,6-11,13,18,20,23H,1-2,4-5,12,14-17H2,(H,27,31). The zero-order chi connectivity index (χ0) is 21.9. The van der Waals surface area contributed by atoms with Crippen molar-refractivity contribution in [2.24, 2.45) is 5.92 Å². The number of aromatic nitrogens is 1. The van der Waals surface area contributed by atoms with E-state index in [9.17, 15) is 9.59 Å². The molecule has 3 heterocycles. The minimum Gasteiger partial charge on any atom is -0.487 e. The maximum Gasteiger partial charge on any atom is 0.321 e. The summed E-state index contributed by atoms with van der Waals surface area (Å²) in [5, 5.41) is 2.94. The zero-order valence-corrected chi connectivity index (χ0v) is 18.3. The number of ether oxygens (including phenoxy) is 1. The number of nitrogens with one attached hydrogen (secondary N) is 1. The summed E-state index contributed by atoms with van der Waals surface area (Å²) in [7, 11) is 0. The molecule has 1 aromatic heterocycles. The van der Waals surface area contributed by atoms with Gasteiger partial charge in [0.15, 0.2) is 0 Å². The Bertz CT molecular complexity index is 931. The lowest BCUT2D eigenvalue weighted by atomic mass is 9.93. The SMILES string of the molecule is O=C(CC1CCCC1)N1CC(Oc2ccc(NC(=O)N3CC(c4cccnc4)C3)cc2)C1. The molecule has 3 amide bonds. The molecule has 2 aromatic rings. The highest BCUT2D eigenvalue weighted by Crippen LogP contribution is 2.30. The topological polar surface area (TPSA) is 74.8 Å². The summed E-state index contributed by atoms with van der Waals surface area (Å²) in [6.45, 7) is 2.74. The van der Waals surface area contributed by atoms with Gasteiger partial charge in [0.2, 0.25) is 5.91 Å². The molecule has 1 N–H and O–H groups in total. The fraction of sp³-hybridized carbons (Fsp3) is 0.480. The van der Waals surface area contributed by atoms with E-state index in [1.165, 1.54) is 31.2 Å². The van der Waals surface area contributed by atoms with E-state index >= 15 is 0 Å². The maximum atomic E-state index is 12.4. The Hall–Kier alpha value is -3.09. The number of pyridine rings is 1. The van der Waals surface area contributed by atoms with Crippen LogP contribution in [0.1, 0.15) is 43.6 Å². The molecule has 2 saturated heterocycles. The fourth-order valence-corrected chi connectivity index (χ4v) is 4.79. The first-order valence-electron chi connectivity index (χ1n) is 11.6. The molecule has 0 bridgehead atoms. The van der Waals surface area contributed by atoms with E-state index in [1.54, 1.807) is 11.1 Å². The Morgan fingerprint density at radius 1 is 1.00 bits per heavy atom. The third kappa shape index (κ3) is 4.71. The summed E-state index contributed by atoms with van der Waals surface area (Å²) in [5.74, 6) is 1.98. The zero-order valence-electron chi connectivity index (χ0n) is 18.3. The first-order valence-corrected chi connectivity index (χ1v) is 11.6. The Labute approximate surface area is 188 Å². The number of hydrogen-bond donors (Lipinski definition) is 1. The summed E-state index contributed by atoms with van der Waals surface area (Å²) in [6.07, 6.45) is 9.31. The monoisotopic (exact) mass is 434 g/mol. The highest BCUT2D eigenvalue weighted by Gasteiger charge is 2.34. The Kier molecular flexibility index (Phi) is 5.97. The van der Waals surface area contributed by atoms with Crippen molar-refractivity contribution in [2.45, 2.75) is 44.1 Å². The molecule has 32 heavy (non-hydrogen) atoms. The van der Waals surface area contributed by atoms with Gasteiger partial charge >= 0.3 is 6.03 Å². The maximum absolute atomic E-state index is 12.4. The molecule has 3 fully saturated rings. The van der Waals surface area contributed by atoms with E-state index in [4.69, 9.17) is 4.74 Å². The second-order valence-corrected chi connectivity index (χ2v) is 9.24. The van der Waals surface area contributed by atoms with Gasteiger partial charge in [-0.25, -0.2) is 4.79 Å². The van der Waals surface area contributed by atoms with Gasteiger partial charge < -0.3 is 19.9 Å². The molecule has 7 nitrogen and oxygen atoms in total. The molecule has 0 atom stereocenters. The van der Waals surface area contributed by atoms with E-state index in [0.29, 0.717) is 44.4 Å². The largest absolute Gasteiger partial charge is 0.487 e. The van der Waals surface area contributed by atoms with Crippen LogP contribution < -0.4 is 10.1 Å². The first-order chi connectivity index (χ1) is 15.6. The molecule has 0 spiro atoms. The molecule has 5 rings (SSSR count). The number of benzene rings is 1. The second-order valence-electron chi connectivity index (χ2n) is 9.24. The van der Waals surface area contributed by atoms with Crippen molar-refractivity contribution in [1.29, 1.82) is 0 Å². The van der Waals surface area contributed by atoms with E-state index in [-0.39, 0.29) is 18.0 Å². The summed E-state index contributed by atoms with van der Waals surface area (Å²) >= 11 is 0. The van der Waals surface area contributed by atoms with Gasteiger partial charge in [-0.1, -0.05) is 18.9 Å². The number of carbonyl (C=O) groups excluding carboxylic acids is 2. The van der Waals surface area contributed by atoms with Crippen LogP contribution in [0.4, 0.5) is 10.5 Å². The Morgan fingerprint density at radius 2 is 1.75 bits per heavy atom. The average molecular weight is 435 g/mol. The van der Waals surface area contributed by atoms with Gasteiger partial charge in [0.25, 0.3) is 0 Å². The number of urea groups is 1. The molecule has 0 unspecified atom stereocenters. The molecule has 1 saturated carbocycles. The van der Waals surface area contributed by atoms with Crippen molar-refractivity contribution in [3.63, 3.8) is 0 Å². The fourth-order valence-electron chi connectivity index (χ4n) is 4.79. The van der Waals surface area contributed by atoms with Crippen molar-refractivity contribution in [2.75, 3.05) is 31.5 Å². The van der Waals surface area contributed by atoms with Gasteiger partial charge in [0.05, 0.1) is 13.1 Å². The number of anilines is 1. The number of likely N-dealkylation sites (tertiary alicyclic amines) is 2. The van der Waals surface area contributed by atoms with Crippen molar-refractivity contribution in [3.05, 3.63) is 54.4 Å². The van der Waals surface area contributed by atoms with Crippen LogP contribution in [0, 0.1) is 5.92 Å². The lowest BCUT2D eigenvalue weighted by Gasteiger charge is -2.39. The number of hydrogen-bond acceptors (Lipinski definition) is 4. The molecule has 2 aliphatic heterocycles. The number of amides is 3. The predicted octanol–water partition coefficient (Wildman–Crippen LogP) is 3.88. The molecule has 3 aliphatic rings. The van der Waals surface area contributed by atoms with Crippen molar-refractivity contribution in [1.82, 2.24) is 14.8 Å². The highest BCUT2D eigenvalue weighted by atomic mass is 16.5. The minimum absolute atomic E-state index is 0.0495. The summed E-state index contributed by atoms with van der Waals surface area (Å²) in [4.78, 5) is 32.6. The van der Waals surface area contributed by atoms with Crippen LogP contribution in [0.2, 0.25) is 0 Å². The van der Waals surface area contributed by atoms with Gasteiger partial charge in [-0.15, -0.1) is 0 Å². The van der Waals surface area contributed by atoms with Gasteiger partial charge in [-0.3, -0.25) is 9.78 Å². The molecular formula is C25H30N4O3. The first kappa shape index (κ1) is 20.8. The van der Waals surface area contributed by atoms with Crippen LogP contribution in [0.25, 0.3) is 0 Å². The van der Waals surface area contributed by atoms with Crippen LogP contribution in [0.5, 0.6) is 5.75 Å². The van der Waals surface area contributed by atoms with E-state index in [0.717, 1.165) is 11.4 Å². The van der Waals surface area contributed by atoms with Crippen LogP contribution in [0.15, 0.2) is 48.8 Å². The Morgan fingerprint density at radius 3 is 2.44 bits per heavy atom. The summed E-state index contributed by atoms with van der Waals surface area (Å²) in [5.41, 5.74) is 1.92. The minimum atomic E-state index is -0.0887. The second kappa shape index (κ2) is 9.18. The Balaban J connectivity index is 1.03. The van der Waals surface area contributed by atoms with Crippen LogP contribution in [-0.4, -0.2) is 59.0 Å². The smallest absolute Gasteiger partial charge is 0.321 e. The molecule has 0 radical (unpaired) electrons. The lowest BCUT2D eigenvalue weighted by Crippen LogP contribution is -2.56. The number of rotatable bonds is 6. The normalized spacial score (nSPS) is 19.4. The molecular weight excluding hydrogens is 404 g/mol. The van der Waals surface area contributed by atoms with Crippen LogP contribution >= 0.6 is 0 Å². The van der Waals surface area contributed by atoms with E-state index in [2.05, 4.69) is 16.4 Å². The molecule has 1 aromatic carbocycles. The van der Waals surface area contributed by atoms with Gasteiger partial charge in [-0.2, -0.15) is 0 Å². The quantitative estimate of drug-likeness (QED) is 0.749. The third-order valence-electron chi connectivity index (χ3n) is 6.87. The number of nitrogens with zero attached hydrogens (tertiary/aromatic N) is 3. The van der Waals surface area contributed by atoms with E-state index in [1.807, 2.05) is 41.4 Å². The average Bonchev–Trinajstić information content (AvgIpc) is 3.24. The van der Waals surface area contributed by atoms with Gasteiger partial charge in [0.1, 0.15) is 11.9 Å². The molecule has 168 valence electrons. The van der Waals surface area contributed by atoms with Crippen molar-refractivity contribution in [3.8, 4) is 5.75 Å². The highest BCUT2D eigenvalue weighted by molar-refractivity contribution is 5.90. The molecule has 1 aliphatic carbocycles. The van der Waals surface area contributed by atoms with E-state index < -0.39 is 0 Å². The van der Waals surface area contributed by atoms with Crippen LogP contribution in [0.3, 0.4) is 0 Å². The summed E-state index contributed by atoms with van der Waals surface area (Å²) < 4.78 is 5.98. The molecule has 7 heteroatoms. The van der Waals surface area contributed by atoms with Crippen molar-refractivity contribution >= 4 is 17.6 Å². The lowest BCUT2D eigenvalue weighted by molar-refractivity contribution is -0.141. The third-order valence-corrected chi connectivity index (χ3v) is 6.87. The van der Waals surface area contributed by atoms with Gasteiger partial charge in [-0.05, 0) is 54.7 Å². The van der Waals surface area contributed by atoms with Gasteiger partial charge in [0, 0.05) is 43.5 Å².